The van der Waals surface area contributed by atoms with E-state index in [-0.39, 0.29) is 12.1 Å². The average Bonchev–Trinajstić information content (AvgIpc) is 3.04. The van der Waals surface area contributed by atoms with E-state index in [2.05, 4.69) is 32.6 Å². The number of amides is 2. The zero-order valence-electron chi connectivity index (χ0n) is 13.7. The number of H-pyrrole nitrogens is 1. The number of hydrogen-bond donors (Lipinski definition) is 2. The molecule has 2 aliphatic rings. The van der Waals surface area contributed by atoms with Crippen molar-refractivity contribution >= 4 is 12.0 Å². The van der Waals surface area contributed by atoms with E-state index in [0.29, 0.717) is 11.9 Å². The Bertz CT molecular complexity index is 692. The summed E-state index contributed by atoms with van der Waals surface area (Å²) >= 11 is 0. The molecule has 6 heteroatoms. The molecule has 1 saturated heterocycles. The number of hydrogen-bond acceptors (Lipinski definition) is 3. The van der Waals surface area contributed by atoms with Crippen LogP contribution in [0.25, 0.3) is 0 Å². The molecule has 126 valence electrons. The van der Waals surface area contributed by atoms with E-state index >= 15 is 0 Å². The normalized spacial score (nSPS) is 21.3. The largest absolute Gasteiger partial charge is 0.324 e. The Labute approximate surface area is 141 Å². The van der Waals surface area contributed by atoms with E-state index in [1.165, 1.54) is 24.8 Å². The van der Waals surface area contributed by atoms with E-state index in [1.54, 1.807) is 0 Å². The van der Waals surface area contributed by atoms with Gasteiger partial charge in [-0.25, -0.2) is 4.79 Å². The molecule has 2 N–H and O–H groups in total. The monoisotopic (exact) mass is 325 g/mol. The lowest BCUT2D eigenvalue weighted by Crippen LogP contribution is -2.47. The van der Waals surface area contributed by atoms with Crippen molar-refractivity contribution in [2.75, 3.05) is 11.9 Å². The van der Waals surface area contributed by atoms with E-state index in [9.17, 15) is 4.79 Å². The van der Waals surface area contributed by atoms with Gasteiger partial charge in [0.25, 0.3) is 0 Å². The maximum Gasteiger partial charge on any atom is 0.324 e. The third-order valence-electron chi connectivity index (χ3n) is 5.18. The van der Waals surface area contributed by atoms with Crippen LogP contribution in [0.3, 0.4) is 0 Å². The highest BCUT2D eigenvalue weighted by molar-refractivity contribution is 5.88. The lowest BCUT2D eigenvalue weighted by molar-refractivity contribution is 0.126. The molecule has 0 bridgehead atoms. The SMILES string of the molecule is O=C(Nc1n[nH]c(C2CCCCC2)n1)N1CC[C@@H]1c1ccccc1. The van der Waals surface area contributed by atoms with Crippen LogP contribution in [-0.4, -0.2) is 32.7 Å². The van der Waals surface area contributed by atoms with Crippen LogP contribution in [0.2, 0.25) is 0 Å². The predicted octanol–water partition coefficient (Wildman–Crippen LogP) is 3.83. The Kier molecular flexibility index (Phi) is 4.19. The number of nitrogens with one attached hydrogen (secondary N) is 2. The second-order valence-corrected chi connectivity index (χ2v) is 6.72. The minimum absolute atomic E-state index is 0.121. The number of carbonyl (C=O) groups excluding carboxylic acids is 1. The number of aromatic nitrogens is 3. The summed E-state index contributed by atoms with van der Waals surface area (Å²) in [7, 11) is 0. The van der Waals surface area contributed by atoms with Gasteiger partial charge in [0, 0.05) is 12.5 Å². The van der Waals surface area contributed by atoms with Crippen LogP contribution >= 0.6 is 0 Å². The molecule has 2 aromatic rings. The fraction of sp³-hybridized carbons (Fsp3) is 0.500. The van der Waals surface area contributed by atoms with Gasteiger partial charge in [-0.15, -0.1) is 5.10 Å². The Balaban J connectivity index is 1.39. The predicted molar refractivity (Wildman–Crippen MR) is 91.7 cm³/mol. The molecule has 0 radical (unpaired) electrons. The van der Waals surface area contributed by atoms with Crippen molar-refractivity contribution in [2.24, 2.45) is 0 Å². The molecule has 1 aromatic carbocycles. The molecule has 1 aliphatic carbocycles. The zero-order valence-corrected chi connectivity index (χ0v) is 13.7. The van der Waals surface area contributed by atoms with E-state index < -0.39 is 0 Å². The van der Waals surface area contributed by atoms with Crippen molar-refractivity contribution in [1.82, 2.24) is 20.1 Å². The third kappa shape index (κ3) is 3.00. The fourth-order valence-corrected chi connectivity index (χ4v) is 3.71. The van der Waals surface area contributed by atoms with Crippen LogP contribution in [0.1, 0.15) is 61.9 Å². The topological polar surface area (TPSA) is 73.9 Å². The summed E-state index contributed by atoms with van der Waals surface area (Å²) in [5, 5.41) is 10.0. The highest BCUT2D eigenvalue weighted by Gasteiger charge is 2.33. The summed E-state index contributed by atoms with van der Waals surface area (Å²) in [6, 6.07) is 10.2. The van der Waals surface area contributed by atoms with Crippen LogP contribution < -0.4 is 5.32 Å². The van der Waals surface area contributed by atoms with Crippen molar-refractivity contribution < 1.29 is 4.79 Å². The van der Waals surface area contributed by atoms with Crippen molar-refractivity contribution in [3.63, 3.8) is 0 Å². The molecule has 24 heavy (non-hydrogen) atoms. The van der Waals surface area contributed by atoms with Gasteiger partial charge in [0.15, 0.2) is 0 Å². The van der Waals surface area contributed by atoms with E-state index in [1.807, 2.05) is 23.1 Å². The molecule has 2 heterocycles. The fourth-order valence-electron chi connectivity index (χ4n) is 3.71. The third-order valence-corrected chi connectivity index (χ3v) is 5.18. The molecule has 0 spiro atoms. The van der Waals surface area contributed by atoms with E-state index in [0.717, 1.165) is 31.6 Å². The molecule has 2 fully saturated rings. The Morgan fingerprint density at radius 3 is 2.62 bits per heavy atom. The van der Waals surface area contributed by atoms with Crippen molar-refractivity contribution in [1.29, 1.82) is 0 Å². The van der Waals surface area contributed by atoms with Crippen molar-refractivity contribution in [3.8, 4) is 0 Å². The average molecular weight is 325 g/mol. The zero-order chi connectivity index (χ0) is 16.4. The molecule has 0 unspecified atom stereocenters. The van der Waals surface area contributed by atoms with Crippen LogP contribution in [0.15, 0.2) is 30.3 Å². The maximum absolute atomic E-state index is 12.5. The standard InChI is InChI=1S/C18H23N5O/c24-18(23-12-11-15(23)13-7-3-1-4-8-13)20-17-19-16(21-22-17)14-9-5-2-6-10-14/h1,3-4,7-8,14-15H,2,5-6,9-12H2,(H2,19,20,21,22,24)/t15-/m1/s1. The quantitative estimate of drug-likeness (QED) is 0.900. The van der Waals surface area contributed by atoms with Crippen molar-refractivity contribution in [3.05, 3.63) is 41.7 Å². The number of urea groups is 1. The summed E-state index contributed by atoms with van der Waals surface area (Å²) in [6.45, 7) is 0.769. The first-order chi connectivity index (χ1) is 11.8. The highest BCUT2D eigenvalue weighted by Crippen LogP contribution is 2.34. The van der Waals surface area contributed by atoms with Gasteiger partial charge in [0.1, 0.15) is 5.82 Å². The summed E-state index contributed by atoms with van der Waals surface area (Å²) < 4.78 is 0. The molecule has 1 aromatic heterocycles. The van der Waals surface area contributed by atoms with Crippen LogP contribution in [0.4, 0.5) is 10.7 Å². The lowest BCUT2D eigenvalue weighted by Gasteiger charge is -2.40. The molecule has 1 aliphatic heterocycles. The number of benzene rings is 1. The highest BCUT2D eigenvalue weighted by atomic mass is 16.2. The van der Waals surface area contributed by atoms with Gasteiger partial charge in [0.05, 0.1) is 6.04 Å². The lowest BCUT2D eigenvalue weighted by atomic mass is 9.89. The smallest absolute Gasteiger partial charge is 0.317 e. The summed E-state index contributed by atoms with van der Waals surface area (Å²) in [5.41, 5.74) is 1.18. The van der Waals surface area contributed by atoms with Crippen LogP contribution in [0, 0.1) is 0 Å². The van der Waals surface area contributed by atoms with Gasteiger partial charge in [-0.05, 0) is 24.8 Å². The van der Waals surface area contributed by atoms with Gasteiger partial charge < -0.3 is 4.90 Å². The van der Waals surface area contributed by atoms with Crippen LogP contribution in [0.5, 0.6) is 0 Å². The van der Waals surface area contributed by atoms with Gasteiger partial charge in [-0.1, -0.05) is 49.6 Å². The van der Waals surface area contributed by atoms with Crippen molar-refractivity contribution in [2.45, 2.75) is 50.5 Å². The molecule has 1 atom stereocenters. The minimum atomic E-state index is -0.121. The Hall–Kier alpha value is -2.37. The van der Waals surface area contributed by atoms with Gasteiger partial charge in [-0.3, -0.25) is 10.4 Å². The molecular formula is C18H23N5O. The van der Waals surface area contributed by atoms with Gasteiger partial charge >= 0.3 is 6.03 Å². The van der Waals surface area contributed by atoms with Gasteiger partial charge in [0.2, 0.25) is 5.95 Å². The number of likely N-dealkylation sites (tertiary alicyclic amines) is 1. The second-order valence-electron chi connectivity index (χ2n) is 6.72. The Morgan fingerprint density at radius 2 is 1.92 bits per heavy atom. The Morgan fingerprint density at radius 1 is 1.12 bits per heavy atom. The number of aromatic amines is 1. The first-order valence-electron chi connectivity index (χ1n) is 8.86. The second kappa shape index (κ2) is 6.63. The molecular weight excluding hydrogens is 302 g/mol. The number of anilines is 1. The number of rotatable bonds is 3. The molecule has 1 saturated carbocycles. The van der Waals surface area contributed by atoms with E-state index in [4.69, 9.17) is 0 Å². The van der Waals surface area contributed by atoms with Crippen LogP contribution in [-0.2, 0) is 0 Å². The summed E-state index contributed by atoms with van der Waals surface area (Å²) in [6.07, 6.45) is 7.12. The molecule has 6 nitrogen and oxygen atoms in total. The number of carbonyl (C=O) groups is 1. The maximum atomic E-state index is 12.5. The number of nitrogens with zero attached hydrogens (tertiary/aromatic N) is 3. The van der Waals surface area contributed by atoms with Gasteiger partial charge in [-0.2, -0.15) is 4.98 Å². The summed E-state index contributed by atoms with van der Waals surface area (Å²) in [4.78, 5) is 18.8. The summed E-state index contributed by atoms with van der Waals surface area (Å²) in [5.74, 6) is 1.76. The molecule has 4 rings (SSSR count). The molecule has 2 amide bonds. The first-order valence-corrected chi connectivity index (χ1v) is 8.86. The first kappa shape index (κ1) is 15.2. The minimum Gasteiger partial charge on any atom is -0.317 e.